The van der Waals surface area contributed by atoms with E-state index >= 15 is 0 Å². The van der Waals surface area contributed by atoms with Gasteiger partial charge in [-0.15, -0.1) is 12.4 Å². The molecule has 132 valence electrons. The van der Waals surface area contributed by atoms with Gasteiger partial charge >= 0.3 is 0 Å². The number of benzene rings is 1. The number of halogens is 1. The summed E-state index contributed by atoms with van der Waals surface area (Å²) in [7, 11) is -0.304. The molecular formula is C14H24ClN3O4S. The fraction of sp³-hybridized carbons (Fsp3) is 0.500. The summed E-state index contributed by atoms with van der Waals surface area (Å²) in [6, 6.07) is 5.95. The monoisotopic (exact) mass is 365 g/mol. The van der Waals surface area contributed by atoms with Gasteiger partial charge in [-0.1, -0.05) is 6.07 Å². The first-order valence-corrected chi connectivity index (χ1v) is 8.51. The van der Waals surface area contributed by atoms with Crippen LogP contribution in [0.1, 0.15) is 16.8 Å². The van der Waals surface area contributed by atoms with Crippen LogP contribution in [0.4, 0.5) is 0 Å². The van der Waals surface area contributed by atoms with Crippen molar-refractivity contribution in [1.29, 1.82) is 0 Å². The van der Waals surface area contributed by atoms with Crippen LogP contribution in [0.5, 0.6) is 0 Å². The molecule has 0 fully saturated rings. The molecule has 0 unspecified atom stereocenters. The van der Waals surface area contributed by atoms with Gasteiger partial charge in [0.15, 0.2) is 0 Å². The van der Waals surface area contributed by atoms with Crippen LogP contribution in [0.15, 0.2) is 29.2 Å². The molecule has 0 aliphatic carbocycles. The zero-order valence-corrected chi connectivity index (χ0v) is 14.9. The lowest BCUT2D eigenvalue weighted by atomic mass is 10.2. The molecule has 1 aromatic carbocycles. The third kappa shape index (κ3) is 7.76. The Labute approximate surface area is 143 Å². The van der Waals surface area contributed by atoms with Gasteiger partial charge in [-0.2, -0.15) is 0 Å². The summed E-state index contributed by atoms with van der Waals surface area (Å²) in [5, 5.41) is 5.74. The SMILES string of the molecule is CNCCCNC(=O)c1cccc(S(=O)(=O)NCCOC)c1.Cl. The van der Waals surface area contributed by atoms with E-state index in [1.54, 1.807) is 12.1 Å². The minimum Gasteiger partial charge on any atom is -0.383 e. The van der Waals surface area contributed by atoms with Crippen LogP contribution in [0.3, 0.4) is 0 Å². The smallest absolute Gasteiger partial charge is 0.251 e. The highest BCUT2D eigenvalue weighted by molar-refractivity contribution is 7.89. The molecule has 0 saturated carbocycles. The molecular weight excluding hydrogens is 342 g/mol. The van der Waals surface area contributed by atoms with E-state index in [0.29, 0.717) is 12.1 Å². The predicted molar refractivity (Wildman–Crippen MR) is 91.6 cm³/mol. The summed E-state index contributed by atoms with van der Waals surface area (Å²) in [4.78, 5) is 12.0. The lowest BCUT2D eigenvalue weighted by Gasteiger charge is -2.09. The van der Waals surface area contributed by atoms with Crippen LogP contribution in [0, 0.1) is 0 Å². The average Bonchev–Trinajstić information content (AvgIpc) is 2.51. The Morgan fingerprint density at radius 3 is 2.61 bits per heavy atom. The minimum absolute atomic E-state index is 0. The number of rotatable bonds is 10. The average molecular weight is 366 g/mol. The fourth-order valence-electron chi connectivity index (χ4n) is 1.74. The van der Waals surface area contributed by atoms with Gasteiger partial charge in [0.05, 0.1) is 11.5 Å². The first-order valence-electron chi connectivity index (χ1n) is 7.02. The zero-order valence-electron chi connectivity index (χ0n) is 13.3. The number of sulfonamides is 1. The Morgan fingerprint density at radius 1 is 1.22 bits per heavy atom. The number of amides is 1. The first kappa shape index (κ1) is 21.8. The second-order valence-electron chi connectivity index (χ2n) is 4.63. The van der Waals surface area contributed by atoms with Crippen molar-refractivity contribution in [2.24, 2.45) is 0 Å². The molecule has 0 heterocycles. The Kier molecular flexibility index (Phi) is 10.8. The number of carbonyl (C=O) groups excluding carboxylic acids is 1. The van der Waals surface area contributed by atoms with E-state index in [2.05, 4.69) is 15.4 Å². The molecule has 1 amide bonds. The standard InChI is InChI=1S/C14H23N3O4S.ClH/c1-15-7-4-8-16-14(18)12-5-3-6-13(11-12)22(19,20)17-9-10-21-2;/h3,5-6,11,15,17H,4,7-10H2,1-2H3,(H,16,18);1H. The summed E-state index contributed by atoms with van der Waals surface area (Å²) in [6.07, 6.45) is 0.804. The van der Waals surface area contributed by atoms with Gasteiger partial charge in [-0.3, -0.25) is 4.79 Å². The number of hydrogen-bond acceptors (Lipinski definition) is 5. The third-order valence-corrected chi connectivity index (χ3v) is 4.35. The molecule has 7 nitrogen and oxygen atoms in total. The largest absolute Gasteiger partial charge is 0.383 e. The summed E-state index contributed by atoms with van der Waals surface area (Å²) in [5.41, 5.74) is 0.319. The van der Waals surface area contributed by atoms with E-state index in [1.807, 2.05) is 7.05 Å². The summed E-state index contributed by atoms with van der Waals surface area (Å²) < 4.78 is 31.4. The van der Waals surface area contributed by atoms with Crippen molar-refractivity contribution in [1.82, 2.24) is 15.4 Å². The van der Waals surface area contributed by atoms with E-state index in [0.717, 1.165) is 13.0 Å². The highest BCUT2D eigenvalue weighted by Crippen LogP contribution is 2.11. The lowest BCUT2D eigenvalue weighted by molar-refractivity contribution is 0.0953. The van der Waals surface area contributed by atoms with E-state index in [9.17, 15) is 13.2 Å². The second kappa shape index (κ2) is 11.4. The van der Waals surface area contributed by atoms with Crippen molar-refractivity contribution in [3.05, 3.63) is 29.8 Å². The quantitative estimate of drug-likeness (QED) is 0.521. The van der Waals surface area contributed by atoms with Crippen LogP contribution in [-0.2, 0) is 14.8 Å². The van der Waals surface area contributed by atoms with E-state index in [4.69, 9.17) is 4.74 Å². The van der Waals surface area contributed by atoms with Gasteiger partial charge in [0.2, 0.25) is 10.0 Å². The van der Waals surface area contributed by atoms with Gasteiger partial charge in [0.25, 0.3) is 5.91 Å². The Balaban J connectivity index is 0.00000484. The topological polar surface area (TPSA) is 96.5 Å². The highest BCUT2D eigenvalue weighted by atomic mass is 35.5. The van der Waals surface area contributed by atoms with Crippen LogP contribution < -0.4 is 15.4 Å². The first-order chi connectivity index (χ1) is 10.5. The maximum absolute atomic E-state index is 12.1. The molecule has 0 aliphatic heterocycles. The van der Waals surface area contributed by atoms with Crippen LogP contribution >= 0.6 is 12.4 Å². The molecule has 0 radical (unpaired) electrons. The van der Waals surface area contributed by atoms with Gasteiger partial charge in [-0.05, 0) is 38.2 Å². The molecule has 0 aliphatic rings. The van der Waals surface area contributed by atoms with Crippen molar-refractivity contribution in [2.45, 2.75) is 11.3 Å². The molecule has 0 saturated heterocycles. The maximum atomic E-state index is 12.1. The normalized spacial score (nSPS) is 10.9. The highest BCUT2D eigenvalue weighted by Gasteiger charge is 2.15. The Bertz CT molecular complexity index is 581. The van der Waals surface area contributed by atoms with Gasteiger partial charge in [0, 0.05) is 25.8 Å². The number of nitrogens with one attached hydrogen (secondary N) is 3. The fourth-order valence-corrected chi connectivity index (χ4v) is 2.79. The summed E-state index contributed by atoms with van der Waals surface area (Å²) >= 11 is 0. The van der Waals surface area contributed by atoms with Crippen molar-refractivity contribution in [3.63, 3.8) is 0 Å². The number of ether oxygens (including phenoxy) is 1. The van der Waals surface area contributed by atoms with E-state index in [-0.39, 0.29) is 36.4 Å². The van der Waals surface area contributed by atoms with Gasteiger partial charge in [0.1, 0.15) is 0 Å². The molecule has 1 rings (SSSR count). The molecule has 0 aromatic heterocycles. The zero-order chi connectivity index (χ0) is 16.4. The molecule has 0 spiro atoms. The molecule has 1 aromatic rings. The van der Waals surface area contributed by atoms with Crippen LogP contribution in [0.2, 0.25) is 0 Å². The Morgan fingerprint density at radius 2 is 1.96 bits per heavy atom. The van der Waals surface area contributed by atoms with Crippen LogP contribution in [0.25, 0.3) is 0 Å². The lowest BCUT2D eigenvalue weighted by Crippen LogP contribution is -2.28. The third-order valence-electron chi connectivity index (χ3n) is 2.89. The molecule has 0 bridgehead atoms. The number of hydrogen-bond donors (Lipinski definition) is 3. The number of carbonyl (C=O) groups is 1. The van der Waals surface area contributed by atoms with Crippen molar-refractivity contribution in [2.75, 3.05) is 40.4 Å². The molecule has 0 atom stereocenters. The van der Waals surface area contributed by atoms with Crippen molar-refractivity contribution >= 4 is 28.3 Å². The predicted octanol–water partition coefficient (Wildman–Crippen LogP) is 0.372. The minimum atomic E-state index is -3.64. The second-order valence-corrected chi connectivity index (χ2v) is 6.40. The molecule has 23 heavy (non-hydrogen) atoms. The molecule has 3 N–H and O–H groups in total. The summed E-state index contributed by atoms with van der Waals surface area (Å²) in [5.74, 6) is -0.287. The van der Waals surface area contributed by atoms with E-state index < -0.39 is 10.0 Å². The van der Waals surface area contributed by atoms with Gasteiger partial charge < -0.3 is 15.4 Å². The molecule has 9 heteroatoms. The number of methoxy groups -OCH3 is 1. The van der Waals surface area contributed by atoms with Crippen molar-refractivity contribution in [3.8, 4) is 0 Å². The van der Waals surface area contributed by atoms with E-state index in [1.165, 1.54) is 19.2 Å². The van der Waals surface area contributed by atoms with Crippen molar-refractivity contribution < 1.29 is 17.9 Å². The maximum Gasteiger partial charge on any atom is 0.251 e. The van der Waals surface area contributed by atoms with Gasteiger partial charge in [-0.25, -0.2) is 13.1 Å². The van der Waals surface area contributed by atoms with Crippen LogP contribution in [-0.4, -0.2) is 54.7 Å². The summed E-state index contributed by atoms with van der Waals surface area (Å²) in [6.45, 7) is 1.80. The Hall–Kier alpha value is -1.19.